The number of hydrogen-bond acceptors (Lipinski definition) is 4. The Balaban J connectivity index is 1.66. The number of rotatable bonds is 4. The van der Waals surface area contributed by atoms with Crippen molar-refractivity contribution in [3.8, 4) is 0 Å². The topological polar surface area (TPSA) is 25.4 Å². The van der Waals surface area contributed by atoms with E-state index in [1.54, 1.807) is 11.3 Å². The molecule has 0 N–H and O–H groups in total. The highest BCUT2D eigenvalue weighted by atomic mass is 32.1. The van der Waals surface area contributed by atoms with Crippen molar-refractivity contribution in [1.29, 1.82) is 0 Å². The van der Waals surface area contributed by atoms with Crippen molar-refractivity contribution < 1.29 is 4.74 Å². The van der Waals surface area contributed by atoms with Crippen LogP contribution in [0.15, 0.2) is 35.7 Å². The van der Waals surface area contributed by atoms with Crippen LogP contribution in [-0.2, 0) is 11.2 Å². The minimum Gasteiger partial charge on any atom is -0.378 e. The van der Waals surface area contributed by atoms with Crippen LogP contribution in [0.25, 0.3) is 0 Å². The summed E-state index contributed by atoms with van der Waals surface area (Å²) in [5, 5.41) is 3.30. The Hall–Kier alpha value is -1.23. The highest BCUT2D eigenvalue weighted by Crippen LogP contribution is 2.25. The van der Waals surface area contributed by atoms with E-state index in [4.69, 9.17) is 4.74 Å². The number of morpholine rings is 1. The first-order valence-corrected chi connectivity index (χ1v) is 7.98. The van der Waals surface area contributed by atoms with Gasteiger partial charge in [-0.1, -0.05) is 30.3 Å². The van der Waals surface area contributed by atoms with Crippen LogP contribution in [0.4, 0.5) is 0 Å². The zero-order valence-electron chi connectivity index (χ0n) is 11.8. The Morgan fingerprint density at radius 2 is 2.20 bits per heavy atom. The lowest BCUT2D eigenvalue weighted by Gasteiger charge is -2.34. The summed E-state index contributed by atoms with van der Waals surface area (Å²) in [6.07, 6.45) is 1.08. The van der Waals surface area contributed by atoms with Crippen LogP contribution < -0.4 is 0 Å². The van der Waals surface area contributed by atoms with Crippen LogP contribution in [0.1, 0.15) is 22.3 Å². The van der Waals surface area contributed by atoms with E-state index in [1.165, 1.54) is 11.3 Å². The number of thiazole rings is 1. The van der Waals surface area contributed by atoms with Gasteiger partial charge < -0.3 is 4.74 Å². The lowest BCUT2D eigenvalue weighted by atomic mass is 10.1. The van der Waals surface area contributed by atoms with Gasteiger partial charge in [0.15, 0.2) is 0 Å². The minimum atomic E-state index is 0.317. The summed E-state index contributed by atoms with van der Waals surface area (Å²) in [4.78, 5) is 7.14. The molecule has 4 heteroatoms. The molecule has 0 radical (unpaired) electrons. The molecule has 3 nitrogen and oxygen atoms in total. The smallest absolute Gasteiger partial charge is 0.0898 e. The second kappa shape index (κ2) is 6.48. The maximum atomic E-state index is 5.65. The van der Waals surface area contributed by atoms with Crippen molar-refractivity contribution in [3.63, 3.8) is 0 Å². The van der Waals surface area contributed by atoms with E-state index in [0.29, 0.717) is 6.04 Å². The maximum Gasteiger partial charge on any atom is 0.0898 e. The summed E-state index contributed by atoms with van der Waals surface area (Å²) < 4.78 is 5.65. The second-order valence-corrected chi connectivity index (χ2v) is 6.22. The molecule has 1 fully saturated rings. The molecule has 1 atom stereocenters. The van der Waals surface area contributed by atoms with Crippen LogP contribution in [0, 0.1) is 6.92 Å². The maximum absolute atomic E-state index is 5.65. The van der Waals surface area contributed by atoms with Gasteiger partial charge >= 0.3 is 0 Å². The van der Waals surface area contributed by atoms with E-state index in [-0.39, 0.29) is 0 Å². The third kappa shape index (κ3) is 3.26. The van der Waals surface area contributed by atoms with Gasteiger partial charge in [0.05, 0.1) is 30.0 Å². The zero-order chi connectivity index (χ0) is 13.8. The Kier molecular flexibility index (Phi) is 4.45. The SMILES string of the molecule is Cc1nc([C@@H]2COCCN2CCc2ccccc2)cs1. The van der Waals surface area contributed by atoms with E-state index in [2.05, 4.69) is 52.5 Å². The number of nitrogens with zero attached hydrogens (tertiary/aromatic N) is 2. The van der Waals surface area contributed by atoms with E-state index in [1.807, 2.05) is 0 Å². The van der Waals surface area contributed by atoms with Gasteiger partial charge in [-0.2, -0.15) is 0 Å². The van der Waals surface area contributed by atoms with Crippen molar-refractivity contribution in [3.05, 3.63) is 52.0 Å². The van der Waals surface area contributed by atoms with Gasteiger partial charge in [-0.05, 0) is 18.9 Å². The summed E-state index contributed by atoms with van der Waals surface area (Å²) in [5.74, 6) is 0. The summed E-state index contributed by atoms with van der Waals surface area (Å²) >= 11 is 1.72. The van der Waals surface area contributed by atoms with Crippen molar-refractivity contribution in [2.45, 2.75) is 19.4 Å². The van der Waals surface area contributed by atoms with Gasteiger partial charge in [0.25, 0.3) is 0 Å². The van der Waals surface area contributed by atoms with Gasteiger partial charge in [-0.25, -0.2) is 4.98 Å². The number of benzene rings is 1. The molecule has 0 bridgehead atoms. The van der Waals surface area contributed by atoms with Crippen molar-refractivity contribution >= 4 is 11.3 Å². The highest BCUT2D eigenvalue weighted by Gasteiger charge is 2.25. The predicted molar refractivity (Wildman–Crippen MR) is 82.1 cm³/mol. The van der Waals surface area contributed by atoms with E-state index >= 15 is 0 Å². The van der Waals surface area contributed by atoms with Crippen molar-refractivity contribution in [2.75, 3.05) is 26.3 Å². The highest BCUT2D eigenvalue weighted by molar-refractivity contribution is 7.09. The summed E-state index contributed by atoms with van der Waals surface area (Å²) in [7, 11) is 0. The number of aryl methyl sites for hydroxylation is 1. The van der Waals surface area contributed by atoms with Gasteiger partial charge in [-0.3, -0.25) is 4.90 Å². The molecule has 1 aromatic carbocycles. The molecule has 20 heavy (non-hydrogen) atoms. The van der Waals surface area contributed by atoms with Crippen LogP contribution in [0.3, 0.4) is 0 Å². The first-order valence-electron chi connectivity index (χ1n) is 7.10. The average molecular weight is 288 g/mol. The molecule has 106 valence electrons. The molecule has 1 saturated heterocycles. The molecule has 0 saturated carbocycles. The lowest BCUT2D eigenvalue weighted by molar-refractivity contribution is -0.00919. The predicted octanol–water partition coefficient (Wildman–Crippen LogP) is 3.07. The number of hydrogen-bond donors (Lipinski definition) is 0. The normalized spacial score (nSPS) is 20.1. The molecule has 2 heterocycles. The Morgan fingerprint density at radius 1 is 1.35 bits per heavy atom. The molecular weight excluding hydrogens is 268 g/mol. The molecule has 1 aliphatic heterocycles. The molecule has 1 aliphatic rings. The molecule has 0 spiro atoms. The minimum absolute atomic E-state index is 0.317. The molecule has 1 aromatic heterocycles. The first kappa shape index (κ1) is 13.7. The fourth-order valence-corrected chi connectivity index (χ4v) is 3.29. The molecule has 0 aliphatic carbocycles. The molecular formula is C16H20N2OS. The van der Waals surface area contributed by atoms with Gasteiger partial charge in [0.1, 0.15) is 0 Å². The fraction of sp³-hybridized carbons (Fsp3) is 0.438. The van der Waals surface area contributed by atoms with Crippen LogP contribution in [0.2, 0.25) is 0 Å². The first-order chi connectivity index (χ1) is 9.83. The third-order valence-electron chi connectivity index (χ3n) is 3.75. The summed E-state index contributed by atoms with van der Waals surface area (Å²) in [5.41, 5.74) is 2.56. The number of ether oxygens (including phenoxy) is 1. The summed E-state index contributed by atoms with van der Waals surface area (Å²) in [6, 6.07) is 11.0. The molecule has 3 rings (SSSR count). The van der Waals surface area contributed by atoms with Gasteiger partial charge in [0.2, 0.25) is 0 Å². The van der Waals surface area contributed by atoms with E-state index in [9.17, 15) is 0 Å². The van der Waals surface area contributed by atoms with Gasteiger partial charge in [-0.15, -0.1) is 11.3 Å². The summed E-state index contributed by atoms with van der Waals surface area (Å²) in [6.45, 7) is 5.71. The largest absolute Gasteiger partial charge is 0.378 e. The van der Waals surface area contributed by atoms with Crippen molar-refractivity contribution in [2.24, 2.45) is 0 Å². The van der Waals surface area contributed by atoms with E-state index in [0.717, 1.165) is 37.7 Å². The fourth-order valence-electron chi connectivity index (χ4n) is 2.63. The average Bonchev–Trinajstić information content (AvgIpc) is 2.93. The quantitative estimate of drug-likeness (QED) is 0.864. The third-order valence-corrected chi connectivity index (χ3v) is 4.54. The Bertz CT molecular complexity index is 540. The standard InChI is InChI=1S/C16H20N2OS/c1-13-17-15(12-20-13)16-11-19-10-9-18(16)8-7-14-5-3-2-4-6-14/h2-6,12,16H,7-11H2,1H3/t16-/m0/s1. The lowest BCUT2D eigenvalue weighted by Crippen LogP contribution is -2.40. The van der Waals surface area contributed by atoms with E-state index < -0.39 is 0 Å². The second-order valence-electron chi connectivity index (χ2n) is 5.15. The molecule has 2 aromatic rings. The Morgan fingerprint density at radius 3 is 2.95 bits per heavy atom. The Labute approximate surface area is 124 Å². The molecule has 0 unspecified atom stereocenters. The van der Waals surface area contributed by atoms with Crippen molar-refractivity contribution in [1.82, 2.24) is 9.88 Å². The monoisotopic (exact) mass is 288 g/mol. The van der Waals surface area contributed by atoms with Crippen LogP contribution >= 0.6 is 11.3 Å². The van der Waals surface area contributed by atoms with Gasteiger partial charge in [0, 0.05) is 18.5 Å². The zero-order valence-corrected chi connectivity index (χ0v) is 12.6. The van der Waals surface area contributed by atoms with Crippen LogP contribution in [0.5, 0.6) is 0 Å². The molecule has 0 amide bonds. The van der Waals surface area contributed by atoms with Crippen LogP contribution in [-0.4, -0.2) is 36.2 Å². The number of aromatic nitrogens is 1.